The summed E-state index contributed by atoms with van der Waals surface area (Å²) >= 11 is 0. The van der Waals surface area contributed by atoms with Crippen molar-refractivity contribution in [3.63, 3.8) is 0 Å². The molecule has 0 bridgehead atoms. The highest BCUT2D eigenvalue weighted by atomic mass is 19.1. The van der Waals surface area contributed by atoms with Gasteiger partial charge in [-0.25, -0.2) is 4.98 Å². The number of imidazole rings is 1. The van der Waals surface area contributed by atoms with Gasteiger partial charge in [-0.05, 0) is 43.3 Å². The Morgan fingerprint density at radius 2 is 1.81 bits per heavy atom. The van der Waals surface area contributed by atoms with Gasteiger partial charge in [0.2, 0.25) is 11.8 Å². The van der Waals surface area contributed by atoms with Gasteiger partial charge in [-0.3, -0.25) is 4.57 Å². The fraction of sp³-hybridized carbons (Fsp3) is 0.0526. The Kier molecular flexibility index (Phi) is 3.90. The van der Waals surface area contributed by atoms with E-state index < -0.39 is 5.82 Å². The van der Waals surface area contributed by atoms with Gasteiger partial charge < -0.3 is 11.1 Å². The van der Waals surface area contributed by atoms with Gasteiger partial charge in [0, 0.05) is 5.69 Å². The van der Waals surface area contributed by atoms with Crippen molar-refractivity contribution < 1.29 is 4.39 Å². The monoisotopic (exact) mass is 359 g/mol. The van der Waals surface area contributed by atoms with Gasteiger partial charge in [-0.15, -0.1) is 0 Å². The van der Waals surface area contributed by atoms with Crippen LogP contribution in [0.3, 0.4) is 0 Å². The van der Waals surface area contributed by atoms with Crippen LogP contribution in [-0.4, -0.2) is 19.5 Å². The lowest BCUT2D eigenvalue weighted by Crippen LogP contribution is -2.10. The Morgan fingerprint density at radius 3 is 2.56 bits per heavy atom. The van der Waals surface area contributed by atoms with Crippen molar-refractivity contribution in [1.29, 1.82) is 5.26 Å². The molecule has 0 atom stereocenters. The number of nitrogen functional groups attached to an aromatic ring is 1. The number of aryl methyl sites for hydroxylation is 1. The largest absolute Gasteiger partial charge is 0.381 e. The number of aromatic nitrogens is 4. The number of nitrogens with zero attached hydrogens (tertiary/aromatic N) is 5. The first kappa shape index (κ1) is 16.5. The van der Waals surface area contributed by atoms with Crippen LogP contribution in [0.15, 0.2) is 48.5 Å². The molecule has 132 valence electrons. The molecule has 2 aromatic heterocycles. The quantitative estimate of drug-likeness (QED) is 0.580. The number of anilines is 3. The van der Waals surface area contributed by atoms with Crippen LogP contribution in [0.4, 0.5) is 21.7 Å². The van der Waals surface area contributed by atoms with Crippen LogP contribution in [0.5, 0.6) is 0 Å². The molecule has 2 aromatic carbocycles. The van der Waals surface area contributed by atoms with Crippen LogP contribution in [0.25, 0.3) is 17.0 Å². The van der Waals surface area contributed by atoms with Gasteiger partial charge in [-0.1, -0.05) is 12.1 Å². The highest BCUT2D eigenvalue weighted by molar-refractivity contribution is 5.77. The second-order valence-corrected chi connectivity index (χ2v) is 5.87. The van der Waals surface area contributed by atoms with Crippen LogP contribution in [0, 0.1) is 24.1 Å². The van der Waals surface area contributed by atoms with Gasteiger partial charge in [-0.2, -0.15) is 19.6 Å². The van der Waals surface area contributed by atoms with E-state index in [0.29, 0.717) is 17.1 Å². The molecule has 0 amide bonds. The zero-order valence-corrected chi connectivity index (χ0v) is 14.3. The summed E-state index contributed by atoms with van der Waals surface area (Å²) in [5.74, 6) is -0.194. The number of hydrogen-bond acceptors (Lipinski definition) is 6. The molecule has 0 saturated heterocycles. The van der Waals surface area contributed by atoms with Crippen LogP contribution >= 0.6 is 0 Å². The first-order valence-corrected chi connectivity index (χ1v) is 8.11. The molecule has 0 aliphatic rings. The van der Waals surface area contributed by atoms with E-state index in [1.165, 1.54) is 0 Å². The van der Waals surface area contributed by atoms with E-state index in [1.807, 2.05) is 37.3 Å². The first-order valence-electron chi connectivity index (χ1n) is 8.11. The zero-order chi connectivity index (χ0) is 19.0. The minimum absolute atomic E-state index is 0.0561. The number of fused-ring (bicyclic) bond motifs is 1. The number of nitrogens with one attached hydrogen (secondary N) is 1. The summed E-state index contributed by atoms with van der Waals surface area (Å²) in [6, 6.07) is 16.1. The Hall–Kier alpha value is -3.99. The minimum Gasteiger partial charge on any atom is -0.381 e. The van der Waals surface area contributed by atoms with Crippen LogP contribution < -0.4 is 11.1 Å². The van der Waals surface area contributed by atoms with Crippen molar-refractivity contribution in [3.8, 4) is 12.0 Å². The highest BCUT2D eigenvalue weighted by Gasteiger charge is 2.17. The lowest BCUT2D eigenvalue weighted by Gasteiger charge is -2.11. The smallest absolute Gasteiger partial charge is 0.239 e. The number of nitriles is 1. The van der Waals surface area contributed by atoms with Crippen molar-refractivity contribution in [3.05, 3.63) is 65.7 Å². The van der Waals surface area contributed by atoms with E-state index in [1.54, 1.807) is 28.8 Å². The van der Waals surface area contributed by atoms with Crippen LogP contribution in [0.2, 0.25) is 0 Å². The van der Waals surface area contributed by atoms with Crippen LogP contribution in [0.1, 0.15) is 11.4 Å². The summed E-state index contributed by atoms with van der Waals surface area (Å²) in [4.78, 5) is 12.9. The first-order chi connectivity index (χ1) is 13.1. The second kappa shape index (κ2) is 6.38. The number of benzene rings is 2. The fourth-order valence-corrected chi connectivity index (χ4v) is 2.80. The standard InChI is InChI=1S/C19H14FN7/c1-11-23-14-4-2-3-5-15(14)27(11)19-25-17(22)16(20)18(26-19)24-13-8-6-12(10-21)7-9-13/h2-9H,1H3,(H3,22,24,25,26). The predicted octanol–water partition coefficient (Wildman–Crippen LogP) is 3.46. The third-order valence-electron chi connectivity index (χ3n) is 4.07. The fourth-order valence-electron chi connectivity index (χ4n) is 2.80. The molecule has 27 heavy (non-hydrogen) atoms. The summed E-state index contributed by atoms with van der Waals surface area (Å²) in [6.45, 7) is 1.82. The van der Waals surface area contributed by atoms with E-state index in [2.05, 4.69) is 20.3 Å². The predicted molar refractivity (Wildman–Crippen MR) is 100 cm³/mol. The molecule has 4 rings (SSSR count). The summed E-state index contributed by atoms with van der Waals surface area (Å²) < 4.78 is 16.2. The number of para-hydroxylation sites is 2. The third kappa shape index (κ3) is 2.91. The zero-order valence-electron chi connectivity index (χ0n) is 14.3. The van der Waals surface area contributed by atoms with Gasteiger partial charge in [0.05, 0.1) is 22.7 Å². The molecule has 8 heteroatoms. The second-order valence-electron chi connectivity index (χ2n) is 5.87. The summed E-state index contributed by atoms with van der Waals surface area (Å²) in [7, 11) is 0. The van der Waals surface area contributed by atoms with E-state index in [-0.39, 0.29) is 17.6 Å². The maximum Gasteiger partial charge on any atom is 0.239 e. The van der Waals surface area contributed by atoms with Gasteiger partial charge >= 0.3 is 0 Å². The van der Waals surface area contributed by atoms with Crippen molar-refractivity contribution in [2.75, 3.05) is 11.1 Å². The topological polar surface area (TPSA) is 105 Å². The number of rotatable bonds is 3. The number of hydrogen-bond donors (Lipinski definition) is 2. The summed E-state index contributed by atoms with van der Waals surface area (Å²) in [5.41, 5.74) is 8.43. The molecule has 0 radical (unpaired) electrons. The van der Waals surface area contributed by atoms with Crippen molar-refractivity contribution in [2.45, 2.75) is 6.92 Å². The Bertz CT molecular complexity index is 1190. The lowest BCUT2D eigenvalue weighted by molar-refractivity contribution is 0.622. The molecule has 0 unspecified atom stereocenters. The third-order valence-corrected chi connectivity index (χ3v) is 4.07. The van der Waals surface area contributed by atoms with E-state index in [0.717, 1.165) is 11.0 Å². The maximum atomic E-state index is 14.5. The normalized spacial score (nSPS) is 10.7. The summed E-state index contributed by atoms with van der Waals surface area (Å²) in [5, 5.41) is 11.8. The molecule has 0 spiro atoms. The minimum atomic E-state index is -0.745. The molecule has 0 aliphatic carbocycles. The van der Waals surface area contributed by atoms with E-state index >= 15 is 0 Å². The molecular formula is C19H14FN7. The molecule has 0 saturated carbocycles. The van der Waals surface area contributed by atoms with Crippen molar-refractivity contribution >= 4 is 28.4 Å². The van der Waals surface area contributed by atoms with Crippen molar-refractivity contribution in [1.82, 2.24) is 19.5 Å². The van der Waals surface area contributed by atoms with Crippen LogP contribution in [-0.2, 0) is 0 Å². The molecule has 7 nitrogen and oxygen atoms in total. The molecule has 0 fully saturated rings. The lowest BCUT2D eigenvalue weighted by atomic mass is 10.2. The van der Waals surface area contributed by atoms with E-state index in [4.69, 9.17) is 11.0 Å². The number of nitrogens with two attached hydrogens (primary N) is 1. The van der Waals surface area contributed by atoms with Gasteiger partial charge in [0.15, 0.2) is 11.6 Å². The molecule has 4 aromatic rings. The number of halogens is 1. The Morgan fingerprint density at radius 1 is 1.07 bits per heavy atom. The Labute approximate surface area is 153 Å². The molecular weight excluding hydrogens is 345 g/mol. The molecule has 2 heterocycles. The Balaban J connectivity index is 1.81. The highest BCUT2D eigenvalue weighted by Crippen LogP contribution is 2.25. The average Bonchev–Trinajstić information content (AvgIpc) is 3.01. The maximum absolute atomic E-state index is 14.5. The summed E-state index contributed by atoms with van der Waals surface area (Å²) in [6.07, 6.45) is 0. The van der Waals surface area contributed by atoms with E-state index in [9.17, 15) is 4.39 Å². The molecule has 3 N–H and O–H groups in total. The molecule has 0 aliphatic heterocycles. The van der Waals surface area contributed by atoms with Gasteiger partial charge in [0.1, 0.15) is 5.82 Å². The average molecular weight is 359 g/mol. The van der Waals surface area contributed by atoms with Crippen molar-refractivity contribution in [2.24, 2.45) is 0 Å². The SMILES string of the molecule is Cc1nc2ccccc2n1-c1nc(N)c(F)c(Nc2ccc(C#N)cc2)n1. The van der Waals surface area contributed by atoms with Gasteiger partial charge in [0.25, 0.3) is 0 Å².